The molecule has 1 heterocycles. The van der Waals surface area contributed by atoms with E-state index >= 15 is 0 Å². The average molecular weight is 437 g/mol. The van der Waals surface area contributed by atoms with Crippen molar-refractivity contribution < 1.29 is 14.7 Å². The number of hydrogen-bond acceptors (Lipinski definition) is 4. The van der Waals surface area contributed by atoms with Crippen molar-refractivity contribution in [2.24, 2.45) is 0 Å². The number of rotatable bonds is 6. The molecule has 2 amide bonds. The number of pyridine rings is 1. The van der Waals surface area contributed by atoms with E-state index in [4.69, 9.17) is 0 Å². The molecule has 3 rings (SSSR count). The summed E-state index contributed by atoms with van der Waals surface area (Å²) in [6.07, 6.45) is 3.36. The topological polar surface area (TPSA) is 135 Å². The van der Waals surface area contributed by atoms with Gasteiger partial charge in [0.15, 0.2) is 0 Å². The van der Waals surface area contributed by atoms with Gasteiger partial charge in [0, 0.05) is 23.7 Å². The molecule has 168 valence electrons. The third kappa shape index (κ3) is 5.55. The molecule has 1 aliphatic rings. The second-order valence-electron chi connectivity index (χ2n) is 8.34. The van der Waals surface area contributed by atoms with Gasteiger partial charge in [-0.15, -0.1) is 0 Å². The summed E-state index contributed by atoms with van der Waals surface area (Å²) in [6, 6.07) is 12.2. The maximum Gasteiger partial charge on any atom is 0.405 e. The largest absolute Gasteiger partial charge is 0.465 e. The molecule has 0 saturated heterocycles. The number of benzene rings is 1. The van der Waals surface area contributed by atoms with Crippen LogP contribution in [0.2, 0.25) is 0 Å². The first-order chi connectivity index (χ1) is 15.3. The summed E-state index contributed by atoms with van der Waals surface area (Å²) in [5, 5.41) is 24.1. The van der Waals surface area contributed by atoms with E-state index in [9.17, 15) is 24.8 Å². The van der Waals surface area contributed by atoms with Crippen molar-refractivity contribution in [1.82, 2.24) is 15.6 Å². The Labute approximate surface area is 186 Å². The number of carbonyl (C=O) groups is 2. The highest BCUT2D eigenvalue weighted by Crippen LogP contribution is 2.28. The van der Waals surface area contributed by atoms with Gasteiger partial charge in [-0.25, -0.2) is 4.79 Å². The monoisotopic (exact) mass is 436 g/mol. The number of hydrogen-bond donors (Lipinski definition) is 4. The first-order valence-electron chi connectivity index (χ1n) is 10.8. The summed E-state index contributed by atoms with van der Waals surface area (Å²) in [4.78, 5) is 38.6. The van der Waals surface area contributed by atoms with Crippen molar-refractivity contribution in [3.8, 4) is 17.2 Å². The summed E-state index contributed by atoms with van der Waals surface area (Å²) < 4.78 is 0. The second kappa shape index (κ2) is 10.1. The van der Waals surface area contributed by atoms with Gasteiger partial charge in [-0.1, -0.05) is 49.9 Å². The molecule has 0 aliphatic heterocycles. The Kier molecular flexibility index (Phi) is 7.31. The molecule has 1 aromatic carbocycles. The zero-order valence-electron chi connectivity index (χ0n) is 18.1. The fourth-order valence-corrected chi connectivity index (χ4v) is 4.32. The van der Waals surface area contributed by atoms with Crippen LogP contribution >= 0.6 is 0 Å². The van der Waals surface area contributed by atoms with E-state index in [-0.39, 0.29) is 5.56 Å². The van der Waals surface area contributed by atoms with Gasteiger partial charge < -0.3 is 20.7 Å². The summed E-state index contributed by atoms with van der Waals surface area (Å²) in [5.74, 6) is -0.436. The molecular formula is C24H28N4O4. The maximum absolute atomic E-state index is 13.1. The SMILES string of the molecule is Cc1[nH]c(=O)ccc1-c1ccc(CC(C#N)NC(=O)C2(NC(=O)O)CCCCCC2)cc1. The Morgan fingerprint density at radius 3 is 2.34 bits per heavy atom. The van der Waals surface area contributed by atoms with Gasteiger partial charge in [0.2, 0.25) is 11.5 Å². The van der Waals surface area contributed by atoms with Crippen LogP contribution in [0.3, 0.4) is 0 Å². The highest BCUT2D eigenvalue weighted by Gasteiger charge is 2.40. The Morgan fingerprint density at radius 1 is 1.12 bits per heavy atom. The molecule has 1 saturated carbocycles. The highest BCUT2D eigenvalue weighted by atomic mass is 16.4. The van der Waals surface area contributed by atoms with Crippen molar-refractivity contribution in [2.45, 2.75) is 63.5 Å². The summed E-state index contributed by atoms with van der Waals surface area (Å²) in [6.45, 7) is 1.83. The Morgan fingerprint density at radius 2 is 1.78 bits per heavy atom. The molecule has 0 bridgehead atoms. The van der Waals surface area contributed by atoms with Crippen molar-refractivity contribution >= 4 is 12.0 Å². The van der Waals surface area contributed by atoms with Gasteiger partial charge in [-0.05, 0) is 37.0 Å². The number of nitrogens with one attached hydrogen (secondary N) is 3. The van der Waals surface area contributed by atoms with E-state index in [2.05, 4.69) is 21.7 Å². The van der Waals surface area contributed by atoms with Crippen LogP contribution in [0.15, 0.2) is 41.2 Å². The van der Waals surface area contributed by atoms with Gasteiger partial charge in [-0.3, -0.25) is 9.59 Å². The molecule has 1 unspecified atom stereocenters. The van der Waals surface area contributed by atoms with E-state index < -0.39 is 23.6 Å². The third-order valence-corrected chi connectivity index (χ3v) is 6.02. The van der Waals surface area contributed by atoms with Gasteiger partial charge in [0.25, 0.3) is 0 Å². The molecule has 1 aliphatic carbocycles. The lowest BCUT2D eigenvalue weighted by Crippen LogP contribution is -2.60. The molecule has 32 heavy (non-hydrogen) atoms. The van der Waals surface area contributed by atoms with E-state index in [1.54, 1.807) is 6.07 Å². The van der Waals surface area contributed by atoms with Gasteiger partial charge in [-0.2, -0.15) is 5.26 Å². The quantitative estimate of drug-likeness (QED) is 0.516. The second-order valence-corrected chi connectivity index (χ2v) is 8.34. The molecule has 1 atom stereocenters. The normalized spacial score (nSPS) is 16.2. The minimum absolute atomic E-state index is 0.153. The number of carboxylic acid groups (broad SMARTS) is 1. The van der Waals surface area contributed by atoms with E-state index in [0.717, 1.165) is 48.1 Å². The van der Waals surface area contributed by atoms with E-state index in [1.807, 2.05) is 31.2 Å². The number of aromatic amines is 1. The number of amides is 2. The van der Waals surface area contributed by atoms with Crippen LogP contribution in [0.4, 0.5) is 4.79 Å². The van der Waals surface area contributed by atoms with Crippen LogP contribution in [0.5, 0.6) is 0 Å². The number of H-pyrrole nitrogens is 1. The Hall–Kier alpha value is -3.60. The number of aryl methyl sites for hydroxylation is 1. The predicted molar refractivity (Wildman–Crippen MR) is 120 cm³/mol. The molecular weight excluding hydrogens is 408 g/mol. The Bertz CT molecular complexity index is 1060. The molecule has 2 aromatic rings. The lowest BCUT2D eigenvalue weighted by molar-refractivity contribution is -0.128. The molecule has 8 nitrogen and oxygen atoms in total. The minimum Gasteiger partial charge on any atom is -0.465 e. The number of aromatic nitrogens is 1. The Balaban J connectivity index is 1.71. The average Bonchev–Trinajstić information content (AvgIpc) is 3.00. The number of nitrogens with zero attached hydrogens (tertiary/aromatic N) is 1. The van der Waals surface area contributed by atoms with Crippen molar-refractivity contribution in [3.63, 3.8) is 0 Å². The maximum atomic E-state index is 13.1. The number of carbonyl (C=O) groups excluding carboxylic acids is 1. The molecule has 0 radical (unpaired) electrons. The molecule has 1 aromatic heterocycles. The smallest absolute Gasteiger partial charge is 0.405 e. The predicted octanol–water partition coefficient (Wildman–Crippen LogP) is 3.26. The minimum atomic E-state index is -1.23. The summed E-state index contributed by atoms with van der Waals surface area (Å²) >= 11 is 0. The third-order valence-electron chi connectivity index (χ3n) is 6.02. The first-order valence-corrected chi connectivity index (χ1v) is 10.8. The van der Waals surface area contributed by atoms with Crippen molar-refractivity contribution in [2.75, 3.05) is 0 Å². The fourth-order valence-electron chi connectivity index (χ4n) is 4.32. The standard InChI is InChI=1S/C24H28N4O4/c1-16-20(10-11-21(29)26-16)18-8-6-17(7-9-18)14-19(15-25)27-22(30)24(28-23(31)32)12-4-2-3-5-13-24/h6-11,19,28H,2-5,12-14H2,1H3,(H,26,29)(H,27,30)(H,31,32). The molecule has 4 N–H and O–H groups in total. The first kappa shape index (κ1) is 23.1. The van der Waals surface area contributed by atoms with E-state index in [0.29, 0.717) is 19.3 Å². The zero-order valence-corrected chi connectivity index (χ0v) is 18.1. The van der Waals surface area contributed by atoms with Crippen LogP contribution in [0.1, 0.15) is 49.8 Å². The van der Waals surface area contributed by atoms with E-state index in [1.165, 1.54) is 6.07 Å². The van der Waals surface area contributed by atoms with Gasteiger partial charge in [0.05, 0.1) is 6.07 Å². The zero-order chi connectivity index (χ0) is 23.1. The van der Waals surface area contributed by atoms with Crippen LogP contribution in [-0.4, -0.2) is 33.7 Å². The van der Waals surface area contributed by atoms with Crippen LogP contribution < -0.4 is 16.2 Å². The van der Waals surface area contributed by atoms with Gasteiger partial charge >= 0.3 is 6.09 Å². The number of nitriles is 1. The fraction of sp³-hybridized carbons (Fsp3) is 0.417. The van der Waals surface area contributed by atoms with Crippen molar-refractivity contribution in [3.05, 3.63) is 58.0 Å². The van der Waals surface area contributed by atoms with Crippen molar-refractivity contribution in [1.29, 1.82) is 5.26 Å². The highest BCUT2D eigenvalue weighted by molar-refractivity contribution is 5.90. The lowest BCUT2D eigenvalue weighted by Gasteiger charge is -2.32. The van der Waals surface area contributed by atoms with Crippen LogP contribution in [0.25, 0.3) is 11.1 Å². The lowest BCUT2D eigenvalue weighted by atomic mass is 9.88. The molecule has 1 fully saturated rings. The molecule has 8 heteroatoms. The molecule has 0 spiro atoms. The van der Waals surface area contributed by atoms with Crippen LogP contribution in [-0.2, 0) is 11.2 Å². The summed E-state index contributed by atoms with van der Waals surface area (Å²) in [5.41, 5.74) is 2.14. The van der Waals surface area contributed by atoms with Crippen LogP contribution in [0, 0.1) is 18.3 Å². The summed E-state index contributed by atoms with van der Waals surface area (Å²) in [7, 11) is 0. The van der Waals surface area contributed by atoms with Gasteiger partial charge in [0.1, 0.15) is 11.6 Å².